The van der Waals surface area contributed by atoms with E-state index in [1.807, 2.05) is 6.08 Å². The van der Waals surface area contributed by atoms with E-state index in [-0.39, 0.29) is 31.6 Å². The Morgan fingerprint density at radius 3 is 0.930 bits per heavy atom. The molecule has 6 nitrogen and oxygen atoms in total. The minimum atomic E-state index is -0.839. The number of carbonyl (C=O) groups is 3. The lowest BCUT2D eigenvalue weighted by atomic mass is 10.0. The third-order valence-electron chi connectivity index (χ3n) is 12.0. The maximum Gasteiger partial charge on any atom is 0.310 e. The monoisotopic (exact) mass is 983 g/mol. The van der Waals surface area contributed by atoms with Crippen LogP contribution in [0.2, 0.25) is 0 Å². The van der Waals surface area contributed by atoms with Crippen LogP contribution in [0.25, 0.3) is 0 Å². The van der Waals surface area contributed by atoms with Crippen LogP contribution < -0.4 is 0 Å². The Morgan fingerprint density at radius 1 is 0.310 bits per heavy atom. The SMILES string of the molecule is CC/C=C\C/C=C\C/C=C\C/C=C\C/C=C\CCCCCCCCCC(=O)OCC(COC(=O)CCCCCCCCCCCCCCCCC)OC(=O)C/C=C\C/C=C\C/C=C\C/C=C\C/C=C\CC. The summed E-state index contributed by atoms with van der Waals surface area (Å²) in [4.78, 5) is 38.1. The standard InChI is InChI=1S/C65H106O6/c1-4-7-10-13-16-19-22-25-28-29-30-31-32-33-34-35-38-40-43-46-49-52-55-58-64(67)70-61-62(71-65(68)59-56-53-50-47-44-41-37-27-24-21-18-15-12-9-6-3)60-69-63(66)57-54-51-48-45-42-39-36-26-23-20-17-14-11-8-5-2/h7,9-10,12,16,18-19,21,25,27-28,30-31,33-34,37,44,47,53,56,62H,4-6,8,11,13-15,17,20,22-24,26,29,32,35-36,38-43,45-46,48-52,54-55,57-61H2,1-3H3/b10-7-,12-9-,19-16-,21-18-,28-25-,31-30-,34-33-,37-27-,47-44-,56-53-. The normalized spacial score (nSPS) is 13.0. The molecule has 0 aliphatic rings. The van der Waals surface area contributed by atoms with Gasteiger partial charge in [-0.15, -0.1) is 0 Å². The molecule has 0 radical (unpaired) electrons. The van der Waals surface area contributed by atoms with Gasteiger partial charge in [-0.25, -0.2) is 0 Å². The number of ether oxygens (including phenoxy) is 3. The summed E-state index contributed by atoms with van der Waals surface area (Å²) in [5.74, 6) is -1.06. The van der Waals surface area contributed by atoms with Crippen molar-refractivity contribution in [2.45, 2.75) is 258 Å². The van der Waals surface area contributed by atoms with E-state index in [2.05, 4.69) is 130 Å². The Morgan fingerprint density at radius 2 is 0.592 bits per heavy atom. The first kappa shape index (κ1) is 66.8. The van der Waals surface area contributed by atoms with Crippen LogP contribution in [0.5, 0.6) is 0 Å². The lowest BCUT2D eigenvalue weighted by Gasteiger charge is -2.18. The molecule has 0 aliphatic heterocycles. The van der Waals surface area contributed by atoms with Crippen LogP contribution in [0.4, 0.5) is 0 Å². The zero-order valence-corrected chi connectivity index (χ0v) is 45.9. The Bertz CT molecular complexity index is 1500. The molecule has 0 aromatic heterocycles. The molecule has 0 saturated carbocycles. The van der Waals surface area contributed by atoms with Gasteiger partial charge >= 0.3 is 17.9 Å². The van der Waals surface area contributed by atoms with Gasteiger partial charge < -0.3 is 14.2 Å². The molecule has 0 aromatic rings. The summed E-state index contributed by atoms with van der Waals surface area (Å²) in [6, 6.07) is 0. The lowest BCUT2D eigenvalue weighted by Crippen LogP contribution is -2.30. The summed E-state index contributed by atoms with van der Waals surface area (Å²) in [6.07, 6.45) is 80.7. The van der Waals surface area contributed by atoms with Crippen molar-refractivity contribution in [3.63, 3.8) is 0 Å². The molecule has 0 heterocycles. The molecule has 0 bridgehead atoms. The van der Waals surface area contributed by atoms with Crippen LogP contribution in [-0.2, 0) is 28.6 Å². The van der Waals surface area contributed by atoms with E-state index in [1.165, 1.54) is 103 Å². The van der Waals surface area contributed by atoms with E-state index in [4.69, 9.17) is 14.2 Å². The van der Waals surface area contributed by atoms with Crippen molar-refractivity contribution in [1.29, 1.82) is 0 Å². The number of carbonyl (C=O) groups excluding carboxylic acids is 3. The van der Waals surface area contributed by atoms with Gasteiger partial charge in [-0.3, -0.25) is 14.4 Å². The van der Waals surface area contributed by atoms with Crippen LogP contribution in [0.1, 0.15) is 252 Å². The van der Waals surface area contributed by atoms with Crippen LogP contribution in [0.15, 0.2) is 122 Å². The molecule has 0 rings (SSSR count). The van der Waals surface area contributed by atoms with E-state index in [9.17, 15) is 14.4 Å². The second-order valence-corrected chi connectivity index (χ2v) is 18.8. The van der Waals surface area contributed by atoms with Crippen LogP contribution in [0, 0.1) is 0 Å². The number of esters is 3. The van der Waals surface area contributed by atoms with Gasteiger partial charge in [-0.1, -0.05) is 264 Å². The first-order valence-electron chi connectivity index (χ1n) is 29.0. The maximum atomic E-state index is 12.8. The molecular weight excluding hydrogens is 877 g/mol. The van der Waals surface area contributed by atoms with E-state index < -0.39 is 12.1 Å². The third-order valence-corrected chi connectivity index (χ3v) is 12.0. The van der Waals surface area contributed by atoms with Crippen molar-refractivity contribution in [1.82, 2.24) is 0 Å². The number of unbranched alkanes of at least 4 members (excludes halogenated alkanes) is 21. The number of allylic oxidation sites excluding steroid dienone is 19. The highest BCUT2D eigenvalue weighted by atomic mass is 16.6. The van der Waals surface area contributed by atoms with E-state index in [0.29, 0.717) is 19.3 Å². The molecule has 0 fully saturated rings. The Labute approximate surface area is 437 Å². The third kappa shape index (κ3) is 56.6. The van der Waals surface area contributed by atoms with Gasteiger partial charge in [0, 0.05) is 12.8 Å². The number of rotatable bonds is 51. The van der Waals surface area contributed by atoms with Crippen molar-refractivity contribution < 1.29 is 28.6 Å². The topological polar surface area (TPSA) is 78.9 Å². The van der Waals surface area contributed by atoms with Gasteiger partial charge in [-0.2, -0.15) is 0 Å². The fourth-order valence-electron chi connectivity index (χ4n) is 7.72. The molecule has 1 unspecified atom stereocenters. The van der Waals surface area contributed by atoms with Crippen LogP contribution in [-0.4, -0.2) is 37.2 Å². The molecule has 402 valence electrons. The second-order valence-electron chi connectivity index (χ2n) is 18.8. The fraction of sp³-hybridized carbons (Fsp3) is 0.646. The molecule has 0 spiro atoms. The van der Waals surface area contributed by atoms with Gasteiger partial charge in [0.2, 0.25) is 0 Å². The average molecular weight is 984 g/mol. The molecule has 0 saturated heterocycles. The molecule has 0 aliphatic carbocycles. The predicted octanol–water partition coefficient (Wildman–Crippen LogP) is 19.6. The predicted molar refractivity (Wildman–Crippen MR) is 306 cm³/mol. The summed E-state index contributed by atoms with van der Waals surface area (Å²) in [5, 5.41) is 0. The van der Waals surface area contributed by atoms with Crippen molar-refractivity contribution in [3.05, 3.63) is 122 Å². The van der Waals surface area contributed by atoms with Crippen molar-refractivity contribution in [3.8, 4) is 0 Å². The Balaban J connectivity index is 4.47. The first-order valence-corrected chi connectivity index (χ1v) is 29.0. The molecule has 1 atom stereocenters. The Kier molecular flexibility index (Phi) is 54.9. The fourth-order valence-corrected chi connectivity index (χ4v) is 7.72. The van der Waals surface area contributed by atoms with Gasteiger partial charge in [0.05, 0.1) is 6.42 Å². The quantitative estimate of drug-likeness (QED) is 0.0261. The van der Waals surface area contributed by atoms with Gasteiger partial charge in [-0.05, 0) is 89.9 Å². The minimum Gasteiger partial charge on any atom is -0.462 e. The van der Waals surface area contributed by atoms with Gasteiger partial charge in [0.15, 0.2) is 6.10 Å². The summed E-state index contributed by atoms with van der Waals surface area (Å²) in [5.41, 5.74) is 0. The van der Waals surface area contributed by atoms with Crippen LogP contribution >= 0.6 is 0 Å². The average Bonchev–Trinajstić information content (AvgIpc) is 3.37. The summed E-state index contributed by atoms with van der Waals surface area (Å²) >= 11 is 0. The van der Waals surface area contributed by atoms with E-state index in [1.54, 1.807) is 6.08 Å². The zero-order valence-electron chi connectivity index (χ0n) is 45.9. The number of hydrogen-bond acceptors (Lipinski definition) is 6. The highest BCUT2D eigenvalue weighted by Gasteiger charge is 2.19. The van der Waals surface area contributed by atoms with Crippen molar-refractivity contribution in [2.75, 3.05) is 13.2 Å². The highest BCUT2D eigenvalue weighted by molar-refractivity contribution is 5.72. The largest absolute Gasteiger partial charge is 0.462 e. The zero-order chi connectivity index (χ0) is 51.4. The summed E-state index contributed by atoms with van der Waals surface area (Å²) in [6.45, 7) is 6.32. The summed E-state index contributed by atoms with van der Waals surface area (Å²) in [7, 11) is 0. The van der Waals surface area contributed by atoms with E-state index in [0.717, 1.165) is 103 Å². The van der Waals surface area contributed by atoms with E-state index >= 15 is 0 Å². The maximum absolute atomic E-state index is 12.8. The molecule has 0 N–H and O–H groups in total. The molecular formula is C65H106O6. The van der Waals surface area contributed by atoms with Crippen molar-refractivity contribution >= 4 is 17.9 Å². The van der Waals surface area contributed by atoms with Crippen LogP contribution in [0.3, 0.4) is 0 Å². The minimum absolute atomic E-state index is 0.0917. The highest BCUT2D eigenvalue weighted by Crippen LogP contribution is 2.15. The molecule has 0 aromatic carbocycles. The van der Waals surface area contributed by atoms with Crippen molar-refractivity contribution in [2.24, 2.45) is 0 Å². The first-order chi connectivity index (χ1) is 35.0. The Hall–Kier alpha value is -4.19. The molecule has 0 amide bonds. The smallest absolute Gasteiger partial charge is 0.310 e. The second kappa shape index (κ2) is 58.4. The number of hydrogen-bond donors (Lipinski definition) is 0. The molecule has 71 heavy (non-hydrogen) atoms. The summed E-state index contributed by atoms with van der Waals surface area (Å²) < 4.78 is 16.8. The lowest BCUT2D eigenvalue weighted by molar-refractivity contribution is -0.166. The van der Waals surface area contributed by atoms with Gasteiger partial charge in [0.25, 0.3) is 0 Å². The van der Waals surface area contributed by atoms with Gasteiger partial charge in [0.1, 0.15) is 13.2 Å². The molecule has 6 heteroatoms.